The summed E-state index contributed by atoms with van der Waals surface area (Å²) < 4.78 is 8.04. The normalized spacial score (nSPS) is 18.1. The summed E-state index contributed by atoms with van der Waals surface area (Å²) in [5, 5.41) is 5.49. The Hall–Kier alpha value is -3.38. The summed E-state index contributed by atoms with van der Waals surface area (Å²) in [4.78, 5) is 21.7. The molecule has 1 aliphatic carbocycles. The second kappa shape index (κ2) is 9.63. The number of aromatic nitrogens is 4. The van der Waals surface area contributed by atoms with Crippen molar-refractivity contribution in [3.8, 4) is 5.69 Å². The maximum Gasteiger partial charge on any atom is 0.139 e. The Kier molecular flexibility index (Phi) is 6.26. The molecule has 6 nitrogen and oxygen atoms in total. The summed E-state index contributed by atoms with van der Waals surface area (Å²) in [6.07, 6.45) is 9.66. The first-order valence-corrected chi connectivity index (χ1v) is 11.6. The Labute approximate surface area is 193 Å². The van der Waals surface area contributed by atoms with Gasteiger partial charge in [-0.1, -0.05) is 36.8 Å². The number of ether oxygens (including phenoxy) is 1. The number of Topliss-reactive ketones (excluding diaryl/α,β-unsaturated/α-hetero) is 1. The number of hydrogen-bond acceptors (Lipinski definition) is 5. The quantitative estimate of drug-likeness (QED) is 0.385. The van der Waals surface area contributed by atoms with Crippen molar-refractivity contribution in [1.29, 1.82) is 0 Å². The van der Waals surface area contributed by atoms with E-state index in [0.717, 1.165) is 47.2 Å². The predicted molar refractivity (Wildman–Crippen MR) is 127 cm³/mol. The van der Waals surface area contributed by atoms with E-state index in [9.17, 15) is 4.79 Å². The first-order valence-electron chi connectivity index (χ1n) is 11.6. The van der Waals surface area contributed by atoms with Crippen molar-refractivity contribution in [3.05, 3.63) is 84.1 Å². The van der Waals surface area contributed by atoms with Crippen LogP contribution in [0.2, 0.25) is 0 Å². The van der Waals surface area contributed by atoms with E-state index in [1.54, 1.807) is 6.20 Å². The van der Waals surface area contributed by atoms with Crippen molar-refractivity contribution >= 4 is 16.7 Å². The van der Waals surface area contributed by atoms with Crippen molar-refractivity contribution in [2.45, 2.75) is 51.7 Å². The Bertz CT molecular complexity index is 1250. The summed E-state index contributed by atoms with van der Waals surface area (Å²) in [5.74, 6) is 0.516. The van der Waals surface area contributed by atoms with Gasteiger partial charge in [0, 0.05) is 35.8 Å². The first-order chi connectivity index (χ1) is 16.2. The van der Waals surface area contributed by atoms with Crippen molar-refractivity contribution in [2.24, 2.45) is 5.92 Å². The zero-order chi connectivity index (χ0) is 22.6. The number of carbonyl (C=O) groups is 1. The highest BCUT2D eigenvalue weighted by atomic mass is 16.5. The first kappa shape index (κ1) is 21.5. The van der Waals surface area contributed by atoms with Gasteiger partial charge in [0.2, 0.25) is 0 Å². The van der Waals surface area contributed by atoms with E-state index in [1.165, 1.54) is 5.56 Å². The molecule has 1 aliphatic rings. The molecule has 5 rings (SSSR count). The molecule has 0 bridgehead atoms. The van der Waals surface area contributed by atoms with Gasteiger partial charge in [0.15, 0.2) is 0 Å². The number of hydrogen-bond donors (Lipinski definition) is 0. The molecule has 0 N–H and O–H groups in total. The van der Waals surface area contributed by atoms with Crippen LogP contribution in [-0.4, -0.2) is 31.6 Å². The van der Waals surface area contributed by atoms with Crippen LogP contribution in [0.15, 0.2) is 67.1 Å². The monoisotopic (exact) mass is 440 g/mol. The third kappa shape index (κ3) is 5.01. The molecule has 4 aromatic rings. The highest BCUT2D eigenvalue weighted by Gasteiger charge is 2.30. The molecule has 1 aromatic carbocycles. The molecule has 0 radical (unpaired) electrons. The third-order valence-corrected chi connectivity index (χ3v) is 6.40. The van der Waals surface area contributed by atoms with Crippen LogP contribution in [0.5, 0.6) is 0 Å². The number of rotatable bonds is 8. The van der Waals surface area contributed by atoms with Gasteiger partial charge < -0.3 is 4.74 Å². The van der Waals surface area contributed by atoms with E-state index in [-0.39, 0.29) is 11.9 Å². The molecule has 0 spiro atoms. The number of fused-ring (bicyclic) bond motifs is 1. The Morgan fingerprint density at radius 1 is 1.09 bits per heavy atom. The van der Waals surface area contributed by atoms with Gasteiger partial charge in [-0.3, -0.25) is 14.8 Å². The van der Waals surface area contributed by atoms with Crippen LogP contribution in [0.4, 0.5) is 0 Å². The van der Waals surface area contributed by atoms with Crippen molar-refractivity contribution in [3.63, 3.8) is 0 Å². The topological polar surface area (TPSA) is 69.9 Å². The van der Waals surface area contributed by atoms with Crippen LogP contribution in [0, 0.1) is 12.8 Å². The van der Waals surface area contributed by atoms with Gasteiger partial charge in [-0.15, -0.1) is 0 Å². The summed E-state index contributed by atoms with van der Waals surface area (Å²) in [7, 11) is 0. The Morgan fingerprint density at radius 3 is 2.82 bits per heavy atom. The number of nitrogens with zero attached hydrogens (tertiary/aromatic N) is 4. The minimum absolute atomic E-state index is 0.159. The fourth-order valence-corrected chi connectivity index (χ4v) is 4.74. The van der Waals surface area contributed by atoms with E-state index < -0.39 is 0 Å². The SMILES string of the molecule is Cc1cc(-n2ncc3cc(CC(=O)C[C@H]4CCC[C@@H]4OCc4ccccc4)ncc32)ccn1. The molecule has 1 saturated carbocycles. The lowest BCUT2D eigenvalue weighted by Crippen LogP contribution is -2.22. The van der Waals surface area contributed by atoms with E-state index in [1.807, 2.05) is 60.4 Å². The third-order valence-electron chi connectivity index (χ3n) is 6.40. The minimum Gasteiger partial charge on any atom is -0.373 e. The number of aryl methyl sites for hydroxylation is 1. The van der Waals surface area contributed by atoms with Crippen LogP contribution < -0.4 is 0 Å². The number of benzene rings is 1. The van der Waals surface area contributed by atoms with E-state index in [0.29, 0.717) is 25.4 Å². The summed E-state index contributed by atoms with van der Waals surface area (Å²) in [6, 6.07) is 16.1. The molecule has 168 valence electrons. The molecule has 33 heavy (non-hydrogen) atoms. The van der Waals surface area contributed by atoms with Gasteiger partial charge in [0.1, 0.15) is 5.78 Å². The minimum atomic E-state index is 0.159. The zero-order valence-electron chi connectivity index (χ0n) is 18.9. The zero-order valence-corrected chi connectivity index (χ0v) is 18.9. The average Bonchev–Trinajstić information content (AvgIpc) is 3.44. The predicted octanol–water partition coefficient (Wildman–Crippen LogP) is 5.01. The van der Waals surface area contributed by atoms with E-state index in [4.69, 9.17) is 4.74 Å². The molecule has 0 saturated heterocycles. The molecular formula is C27H28N4O2. The molecule has 0 unspecified atom stereocenters. The van der Waals surface area contributed by atoms with Gasteiger partial charge in [0.25, 0.3) is 0 Å². The summed E-state index contributed by atoms with van der Waals surface area (Å²) in [6.45, 7) is 2.56. The lowest BCUT2D eigenvalue weighted by atomic mass is 9.96. The number of carbonyl (C=O) groups excluding carboxylic acids is 1. The average molecular weight is 441 g/mol. The summed E-state index contributed by atoms with van der Waals surface area (Å²) >= 11 is 0. The van der Waals surface area contributed by atoms with E-state index >= 15 is 0 Å². The second-order valence-corrected chi connectivity index (χ2v) is 8.89. The standard InChI is InChI=1S/C27H28N4O2/c1-19-12-24(10-11-28-19)31-26-17-29-23(13-22(26)16-30-31)15-25(32)14-21-8-5-9-27(21)33-18-20-6-3-2-4-7-20/h2-4,6-7,10-13,16-17,21,27H,5,8-9,14-15,18H2,1H3/t21-,27+/m1/s1. The molecule has 2 atom stereocenters. The fourth-order valence-electron chi connectivity index (χ4n) is 4.74. The van der Waals surface area contributed by atoms with Crippen molar-refractivity contribution in [2.75, 3.05) is 0 Å². The van der Waals surface area contributed by atoms with Gasteiger partial charge in [-0.2, -0.15) is 5.10 Å². The molecule has 0 amide bonds. The fraction of sp³-hybridized carbons (Fsp3) is 0.333. The summed E-state index contributed by atoms with van der Waals surface area (Å²) in [5.41, 5.74) is 4.77. The highest BCUT2D eigenvalue weighted by Crippen LogP contribution is 2.32. The Balaban J connectivity index is 1.22. The van der Waals surface area contributed by atoms with Crippen LogP contribution in [0.1, 0.15) is 42.6 Å². The van der Waals surface area contributed by atoms with Gasteiger partial charge in [0.05, 0.1) is 36.3 Å². The van der Waals surface area contributed by atoms with Gasteiger partial charge in [-0.25, -0.2) is 4.68 Å². The molecule has 1 fully saturated rings. The van der Waals surface area contributed by atoms with Crippen LogP contribution in [0.25, 0.3) is 16.6 Å². The second-order valence-electron chi connectivity index (χ2n) is 8.89. The maximum absolute atomic E-state index is 12.9. The van der Waals surface area contributed by atoms with Crippen LogP contribution >= 0.6 is 0 Å². The van der Waals surface area contributed by atoms with Gasteiger partial charge in [-0.05, 0) is 49.4 Å². The molecular weight excluding hydrogens is 412 g/mol. The van der Waals surface area contributed by atoms with Crippen LogP contribution in [0.3, 0.4) is 0 Å². The van der Waals surface area contributed by atoms with Gasteiger partial charge >= 0.3 is 0 Å². The largest absolute Gasteiger partial charge is 0.373 e. The lowest BCUT2D eigenvalue weighted by molar-refractivity contribution is -0.120. The van der Waals surface area contributed by atoms with Crippen molar-refractivity contribution < 1.29 is 9.53 Å². The van der Waals surface area contributed by atoms with E-state index in [2.05, 4.69) is 27.2 Å². The van der Waals surface area contributed by atoms with Crippen LogP contribution in [-0.2, 0) is 22.6 Å². The number of pyridine rings is 2. The highest BCUT2D eigenvalue weighted by molar-refractivity contribution is 5.84. The molecule has 3 heterocycles. The number of ketones is 1. The molecule has 0 aliphatic heterocycles. The Morgan fingerprint density at radius 2 is 1.97 bits per heavy atom. The smallest absolute Gasteiger partial charge is 0.139 e. The lowest BCUT2D eigenvalue weighted by Gasteiger charge is -2.20. The molecule has 3 aromatic heterocycles. The maximum atomic E-state index is 12.9. The molecule has 6 heteroatoms. The van der Waals surface area contributed by atoms with Crippen molar-refractivity contribution in [1.82, 2.24) is 19.7 Å².